The lowest BCUT2D eigenvalue weighted by Gasteiger charge is -2.38. The van der Waals surface area contributed by atoms with Crippen molar-refractivity contribution in [3.8, 4) is 0 Å². The Bertz CT molecular complexity index is 475. The fourth-order valence-corrected chi connectivity index (χ4v) is 2.54. The highest BCUT2D eigenvalue weighted by atomic mass is 19.1. The van der Waals surface area contributed by atoms with E-state index in [2.05, 4.69) is 23.8 Å². The van der Waals surface area contributed by atoms with Crippen LogP contribution in [0.15, 0.2) is 18.2 Å². The first kappa shape index (κ1) is 14.0. The van der Waals surface area contributed by atoms with Gasteiger partial charge in [-0.2, -0.15) is 0 Å². The van der Waals surface area contributed by atoms with Gasteiger partial charge < -0.3 is 10.6 Å². The molecule has 1 aliphatic heterocycles. The summed E-state index contributed by atoms with van der Waals surface area (Å²) in [5.41, 5.74) is 6.19. The molecule has 0 aliphatic carbocycles. The van der Waals surface area contributed by atoms with Crippen LogP contribution in [0.2, 0.25) is 0 Å². The van der Waals surface area contributed by atoms with Crippen LogP contribution in [0.1, 0.15) is 18.1 Å². The first-order valence-corrected chi connectivity index (χ1v) is 6.53. The zero-order chi connectivity index (χ0) is 14.0. The summed E-state index contributed by atoms with van der Waals surface area (Å²) in [7, 11) is 2.10. The lowest BCUT2D eigenvalue weighted by molar-refractivity contribution is 0.0928. The molecule has 4 nitrogen and oxygen atoms in total. The Hall–Kier alpha value is -1.46. The topological polar surface area (TPSA) is 56.4 Å². The number of benzene rings is 1. The average molecular weight is 264 g/mol. The molecule has 1 unspecified atom stereocenters. The molecule has 0 spiro atoms. The van der Waals surface area contributed by atoms with E-state index in [4.69, 9.17) is 11.1 Å². The van der Waals surface area contributed by atoms with Crippen molar-refractivity contribution in [1.29, 1.82) is 5.41 Å². The Balaban J connectivity index is 2.15. The number of hydrogen-bond donors (Lipinski definition) is 2. The molecule has 1 heterocycles. The molecule has 1 aliphatic rings. The number of nitrogens with two attached hydrogens (primary N) is 1. The van der Waals surface area contributed by atoms with E-state index >= 15 is 0 Å². The highest BCUT2D eigenvalue weighted by Crippen LogP contribution is 2.18. The Labute approximate surface area is 113 Å². The van der Waals surface area contributed by atoms with Crippen molar-refractivity contribution in [3.05, 3.63) is 35.1 Å². The number of halogens is 1. The van der Waals surface area contributed by atoms with E-state index in [1.165, 1.54) is 0 Å². The van der Waals surface area contributed by atoms with E-state index < -0.39 is 0 Å². The molecule has 1 saturated heterocycles. The summed E-state index contributed by atoms with van der Waals surface area (Å²) in [6.07, 6.45) is 0. The fraction of sp³-hybridized carbons (Fsp3) is 0.500. The van der Waals surface area contributed by atoms with Gasteiger partial charge in [0.15, 0.2) is 0 Å². The SMILES string of the molecule is CC1CN(C)CCN1Cc1cccc(C(=N)N)c1F. The smallest absolute Gasteiger partial charge is 0.138 e. The average Bonchev–Trinajstić information content (AvgIpc) is 2.34. The lowest BCUT2D eigenvalue weighted by Crippen LogP contribution is -2.49. The van der Waals surface area contributed by atoms with Crippen LogP contribution in [-0.2, 0) is 6.54 Å². The molecule has 104 valence electrons. The third-order valence-electron chi connectivity index (χ3n) is 3.71. The number of nitrogen functional groups attached to an aromatic ring is 1. The van der Waals surface area contributed by atoms with Gasteiger partial charge in [0.05, 0.1) is 5.56 Å². The van der Waals surface area contributed by atoms with E-state index in [1.807, 2.05) is 0 Å². The van der Waals surface area contributed by atoms with Crippen molar-refractivity contribution in [3.63, 3.8) is 0 Å². The van der Waals surface area contributed by atoms with Gasteiger partial charge in [-0.1, -0.05) is 12.1 Å². The van der Waals surface area contributed by atoms with E-state index in [-0.39, 0.29) is 17.2 Å². The zero-order valence-electron chi connectivity index (χ0n) is 11.5. The first-order valence-electron chi connectivity index (χ1n) is 6.53. The van der Waals surface area contributed by atoms with Crippen LogP contribution >= 0.6 is 0 Å². The number of hydrogen-bond acceptors (Lipinski definition) is 3. The number of amidine groups is 1. The van der Waals surface area contributed by atoms with Gasteiger partial charge in [0.2, 0.25) is 0 Å². The van der Waals surface area contributed by atoms with Crippen LogP contribution in [0.5, 0.6) is 0 Å². The molecule has 5 heteroatoms. The Morgan fingerprint density at radius 2 is 2.21 bits per heavy atom. The molecule has 2 rings (SSSR count). The van der Waals surface area contributed by atoms with Gasteiger partial charge in [0.25, 0.3) is 0 Å². The van der Waals surface area contributed by atoms with Crippen molar-refractivity contribution >= 4 is 5.84 Å². The molecule has 19 heavy (non-hydrogen) atoms. The highest BCUT2D eigenvalue weighted by molar-refractivity contribution is 5.95. The lowest BCUT2D eigenvalue weighted by atomic mass is 10.1. The number of likely N-dealkylation sites (N-methyl/N-ethyl adjacent to an activating group) is 1. The number of nitrogens with zero attached hydrogens (tertiary/aromatic N) is 2. The number of rotatable bonds is 3. The number of piperazine rings is 1. The summed E-state index contributed by atoms with van der Waals surface area (Å²) in [6, 6.07) is 5.48. The van der Waals surface area contributed by atoms with Crippen LogP contribution in [0.4, 0.5) is 4.39 Å². The second kappa shape index (κ2) is 5.67. The molecular weight excluding hydrogens is 243 g/mol. The van der Waals surface area contributed by atoms with Gasteiger partial charge in [-0.25, -0.2) is 4.39 Å². The molecule has 0 aromatic heterocycles. The monoisotopic (exact) mass is 264 g/mol. The Kier molecular flexibility index (Phi) is 4.17. The maximum atomic E-state index is 14.2. The Morgan fingerprint density at radius 3 is 2.84 bits per heavy atom. The summed E-state index contributed by atoms with van der Waals surface area (Å²) >= 11 is 0. The van der Waals surface area contributed by atoms with Gasteiger partial charge in [0.1, 0.15) is 11.7 Å². The third kappa shape index (κ3) is 3.11. The quantitative estimate of drug-likeness (QED) is 0.638. The first-order chi connectivity index (χ1) is 8.99. The molecule has 0 bridgehead atoms. The molecule has 1 aromatic carbocycles. The van der Waals surface area contributed by atoms with Gasteiger partial charge >= 0.3 is 0 Å². The van der Waals surface area contributed by atoms with E-state index in [9.17, 15) is 4.39 Å². The summed E-state index contributed by atoms with van der Waals surface area (Å²) in [4.78, 5) is 4.55. The summed E-state index contributed by atoms with van der Waals surface area (Å²) in [5.74, 6) is -0.577. The highest BCUT2D eigenvalue weighted by Gasteiger charge is 2.22. The van der Waals surface area contributed by atoms with Crippen molar-refractivity contribution < 1.29 is 4.39 Å². The second-order valence-electron chi connectivity index (χ2n) is 5.27. The van der Waals surface area contributed by atoms with Gasteiger partial charge in [-0.05, 0) is 20.0 Å². The van der Waals surface area contributed by atoms with E-state index in [0.29, 0.717) is 18.2 Å². The van der Waals surface area contributed by atoms with Crippen molar-refractivity contribution in [2.45, 2.75) is 19.5 Å². The zero-order valence-corrected chi connectivity index (χ0v) is 11.5. The van der Waals surface area contributed by atoms with E-state index in [0.717, 1.165) is 19.6 Å². The number of nitrogens with one attached hydrogen (secondary N) is 1. The Morgan fingerprint density at radius 1 is 1.47 bits per heavy atom. The van der Waals surface area contributed by atoms with Crippen molar-refractivity contribution in [1.82, 2.24) is 9.80 Å². The standard InChI is InChI=1S/C14H21FN4/c1-10-8-18(2)6-7-19(10)9-11-4-3-5-12(13(11)15)14(16)17/h3-5,10H,6-9H2,1-2H3,(H3,16,17). The van der Waals surface area contributed by atoms with E-state index in [1.54, 1.807) is 18.2 Å². The molecule has 1 fully saturated rings. The minimum absolute atomic E-state index is 0.194. The predicted octanol–water partition coefficient (Wildman–Crippen LogP) is 1.25. The van der Waals surface area contributed by atoms with Gasteiger partial charge in [-0.15, -0.1) is 0 Å². The summed E-state index contributed by atoms with van der Waals surface area (Å²) < 4.78 is 14.2. The van der Waals surface area contributed by atoms with Gasteiger partial charge in [-0.3, -0.25) is 10.3 Å². The third-order valence-corrected chi connectivity index (χ3v) is 3.71. The molecule has 0 amide bonds. The minimum atomic E-state index is -0.360. The summed E-state index contributed by atoms with van der Waals surface area (Å²) in [5, 5.41) is 7.38. The second-order valence-corrected chi connectivity index (χ2v) is 5.27. The maximum Gasteiger partial charge on any atom is 0.138 e. The molecule has 1 aromatic rings. The van der Waals surface area contributed by atoms with Crippen LogP contribution in [0.3, 0.4) is 0 Å². The van der Waals surface area contributed by atoms with Crippen LogP contribution < -0.4 is 5.73 Å². The van der Waals surface area contributed by atoms with Crippen LogP contribution in [0, 0.1) is 11.2 Å². The largest absolute Gasteiger partial charge is 0.384 e. The summed E-state index contributed by atoms with van der Waals surface area (Å²) in [6.45, 7) is 5.65. The maximum absolute atomic E-state index is 14.2. The van der Waals surface area contributed by atoms with Gasteiger partial charge in [0, 0.05) is 37.8 Å². The van der Waals surface area contributed by atoms with Crippen molar-refractivity contribution in [2.24, 2.45) is 5.73 Å². The predicted molar refractivity (Wildman–Crippen MR) is 74.8 cm³/mol. The molecule has 1 atom stereocenters. The normalized spacial score (nSPS) is 21.5. The van der Waals surface area contributed by atoms with Crippen LogP contribution in [-0.4, -0.2) is 48.4 Å². The molecular formula is C14H21FN4. The molecule has 0 radical (unpaired) electrons. The minimum Gasteiger partial charge on any atom is -0.384 e. The molecule has 3 N–H and O–H groups in total. The van der Waals surface area contributed by atoms with Crippen LogP contribution in [0.25, 0.3) is 0 Å². The van der Waals surface area contributed by atoms with Crippen molar-refractivity contribution in [2.75, 3.05) is 26.7 Å². The molecule has 0 saturated carbocycles. The fourth-order valence-electron chi connectivity index (χ4n) is 2.54.